The van der Waals surface area contributed by atoms with Crippen LogP contribution in [0.2, 0.25) is 0 Å². The van der Waals surface area contributed by atoms with Crippen LogP contribution < -0.4 is 10.2 Å². The highest BCUT2D eigenvalue weighted by molar-refractivity contribution is 5.84. The van der Waals surface area contributed by atoms with Crippen LogP contribution in [0.3, 0.4) is 0 Å². The Bertz CT molecular complexity index is 911. The van der Waals surface area contributed by atoms with Gasteiger partial charge in [-0.05, 0) is 37.8 Å². The van der Waals surface area contributed by atoms with Crippen molar-refractivity contribution in [3.8, 4) is 0 Å². The maximum Gasteiger partial charge on any atom is 0.433 e. The number of ether oxygens (including phenoxy) is 3. The Balaban J connectivity index is 1.22. The number of methoxy groups -OCH3 is 1. The van der Waals surface area contributed by atoms with Gasteiger partial charge in [0.05, 0.1) is 24.2 Å². The van der Waals surface area contributed by atoms with Crippen LogP contribution in [0.5, 0.6) is 0 Å². The van der Waals surface area contributed by atoms with Crippen molar-refractivity contribution in [1.29, 1.82) is 0 Å². The average molecular weight is 499 g/mol. The van der Waals surface area contributed by atoms with Crippen molar-refractivity contribution >= 4 is 11.7 Å². The number of rotatable bonds is 5. The second kappa shape index (κ2) is 9.84. The Morgan fingerprint density at radius 3 is 2.77 bits per heavy atom. The molecule has 5 rings (SSSR count). The van der Waals surface area contributed by atoms with Crippen LogP contribution in [0.15, 0.2) is 18.2 Å². The number of aromatic nitrogens is 1. The number of pyridine rings is 1. The molecule has 0 bridgehead atoms. The lowest BCUT2D eigenvalue weighted by molar-refractivity contribution is -0.144. The minimum absolute atomic E-state index is 0.00528. The standard InChI is InChI=1S/C24H33F3N4O4/c1-33-18-15-34-11-5-17(18)28-16-13-20-23(14-16,6-12-35-20)22(32)31-9-7-30(8-10-31)21-4-2-3-19(29-21)24(25,26)27/h2-4,16-18,20,28H,5-15H2,1H3/t16-,17+,18-,20-,23-/m1/s1. The third kappa shape index (κ3) is 4.87. The highest BCUT2D eigenvalue weighted by atomic mass is 19.4. The Kier molecular flexibility index (Phi) is 6.95. The van der Waals surface area contributed by atoms with Gasteiger partial charge in [0.15, 0.2) is 0 Å². The number of hydrogen-bond acceptors (Lipinski definition) is 7. The number of nitrogens with zero attached hydrogens (tertiary/aromatic N) is 3. The minimum atomic E-state index is -4.48. The summed E-state index contributed by atoms with van der Waals surface area (Å²) in [4.78, 5) is 21.3. The molecule has 1 aliphatic carbocycles. The first-order valence-corrected chi connectivity index (χ1v) is 12.4. The highest BCUT2D eigenvalue weighted by Crippen LogP contribution is 2.49. The van der Waals surface area contributed by atoms with Crippen molar-refractivity contribution in [3.63, 3.8) is 0 Å². The molecular weight excluding hydrogens is 465 g/mol. The topological polar surface area (TPSA) is 76.2 Å². The quantitative estimate of drug-likeness (QED) is 0.666. The van der Waals surface area contributed by atoms with Gasteiger partial charge in [-0.3, -0.25) is 4.79 Å². The first-order valence-electron chi connectivity index (χ1n) is 12.4. The molecule has 3 saturated heterocycles. The summed E-state index contributed by atoms with van der Waals surface area (Å²) in [6.45, 7) is 3.64. The fourth-order valence-corrected chi connectivity index (χ4v) is 6.12. The first-order chi connectivity index (χ1) is 16.8. The zero-order valence-electron chi connectivity index (χ0n) is 19.9. The van der Waals surface area contributed by atoms with E-state index in [1.165, 1.54) is 6.07 Å². The Morgan fingerprint density at radius 2 is 2.03 bits per heavy atom. The number of anilines is 1. The molecule has 4 fully saturated rings. The summed E-state index contributed by atoms with van der Waals surface area (Å²) in [5.74, 6) is 0.401. The maximum absolute atomic E-state index is 13.8. The molecule has 5 atom stereocenters. The van der Waals surface area contributed by atoms with Gasteiger partial charge < -0.3 is 29.3 Å². The molecule has 1 amide bonds. The molecule has 0 spiro atoms. The molecular formula is C24H33F3N4O4. The van der Waals surface area contributed by atoms with Crippen molar-refractivity contribution in [2.75, 3.05) is 58.0 Å². The molecule has 4 heterocycles. The maximum atomic E-state index is 13.8. The van der Waals surface area contributed by atoms with Gasteiger partial charge in [0.2, 0.25) is 5.91 Å². The summed E-state index contributed by atoms with van der Waals surface area (Å²) in [6.07, 6.45) is -1.53. The van der Waals surface area contributed by atoms with E-state index in [9.17, 15) is 18.0 Å². The van der Waals surface area contributed by atoms with Crippen molar-refractivity contribution in [1.82, 2.24) is 15.2 Å². The number of halogens is 3. The molecule has 0 aromatic carbocycles. The summed E-state index contributed by atoms with van der Waals surface area (Å²) in [5.41, 5.74) is -1.44. The first kappa shape index (κ1) is 24.7. The Hall–Kier alpha value is -1.95. The van der Waals surface area contributed by atoms with E-state index in [4.69, 9.17) is 14.2 Å². The van der Waals surface area contributed by atoms with Crippen LogP contribution in [0.4, 0.5) is 19.0 Å². The van der Waals surface area contributed by atoms with E-state index in [1.54, 1.807) is 13.2 Å². The van der Waals surface area contributed by atoms with Crippen molar-refractivity contribution < 1.29 is 32.2 Å². The molecule has 1 N–H and O–H groups in total. The number of amides is 1. The summed E-state index contributed by atoms with van der Waals surface area (Å²) in [7, 11) is 1.69. The third-order valence-corrected chi connectivity index (χ3v) is 7.99. The monoisotopic (exact) mass is 498 g/mol. The third-order valence-electron chi connectivity index (χ3n) is 7.99. The normalized spacial score (nSPS) is 33.7. The lowest BCUT2D eigenvalue weighted by Gasteiger charge is -2.40. The van der Waals surface area contributed by atoms with E-state index < -0.39 is 17.3 Å². The zero-order chi connectivity index (χ0) is 24.6. The van der Waals surface area contributed by atoms with Gasteiger partial charge in [-0.1, -0.05) is 6.07 Å². The van der Waals surface area contributed by atoms with Gasteiger partial charge in [-0.15, -0.1) is 0 Å². The minimum Gasteiger partial charge on any atom is -0.379 e. The van der Waals surface area contributed by atoms with Gasteiger partial charge in [0.1, 0.15) is 11.5 Å². The SMILES string of the molecule is CO[C@@H]1COCC[C@@H]1N[C@@H]1C[C@H]2OCC[C@@]2(C(=O)N2CCN(c3cccc(C(F)(F)F)n3)CC2)C1. The molecule has 35 heavy (non-hydrogen) atoms. The van der Waals surface area contributed by atoms with Gasteiger partial charge >= 0.3 is 6.18 Å². The molecule has 1 saturated carbocycles. The number of nitrogens with one attached hydrogen (secondary N) is 1. The predicted octanol–water partition coefficient (Wildman–Crippen LogP) is 2.08. The molecule has 0 unspecified atom stereocenters. The molecule has 1 aromatic heterocycles. The average Bonchev–Trinajstić information content (AvgIpc) is 3.41. The van der Waals surface area contributed by atoms with Gasteiger partial charge in [-0.25, -0.2) is 4.98 Å². The number of carbonyl (C=O) groups is 1. The van der Waals surface area contributed by atoms with Crippen LogP contribution in [0.1, 0.15) is 31.4 Å². The van der Waals surface area contributed by atoms with E-state index in [0.29, 0.717) is 58.2 Å². The van der Waals surface area contributed by atoms with Crippen LogP contribution in [0.25, 0.3) is 0 Å². The van der Waals surface area contributed by atoms with Crippen molar-refractivity contribution in [2.24, 2.45) is 5.41 Å². The van der Waals surface area contributed by atoms with Crippen LogP contribution in [-0.2, 0) is 25.2 Å². The van der Waals surface area contributed by atoms with Gasteiger partial charge in [0.25, 0.3) is 0 Å². The molecule has 1 aromatic rings. The molecule has 11 heteroatoms. The smallest absolute Gasteiger partial charge is 0.379 e. The van der Waals surface area contributed by atoms with Crippen LogP contribution in [-0.4, -0.2) is 93.2 Å². The summed E-state index contributed by atoms with van der Waals surface area (Å²) in [6, 6.07) is 4.29. The van der Waals surface area contributed by atoms with E-state index in [2.05, 4.69) is 10.3 Å². The Labute approximate surface area is 203 Å². The molecule has 8 nitrogen and oxygen atoms in total. The number of alkyl halides is 3. The zero-order valence-corrected chi connectivity index (χ0v) is 19.9. The lowest BCUT2D eigenvalue weighted by Crippen LogP contribution is -2.55. The molecule has 4 aliphatic rings. The fourth-order valence-electron chi connectivity index (χ4n) is 6.12. The summed E-state index contributed by atoms with van der Waals surface area (Å²) >= 11 is 0. The molecule has 0 radical (unpaired) electrons. The van der Waals surface area contributed by atoms with E-state index >= 15 is 0 Å². The largest absolute Gasteiger partial charge is 0.433 e. The van der Waals surface area contributed by atoms with E-state index in [0.717, 1.165) is 25.3 Å². The van der Waals surface area contributed by atoms with Crippen molar-refractivity contribution in [2.45, 2.75) is 56.2 Å². The number of piperazine rings is 1. The van der Waals surface area contributed by atoms with Crippen LogP contribution in [0, 0.1) is 5.41 Å². The lowest BCUT2D eigenvalue weighted by atomic mass is 9.80. The van der Waals surface area contributed by atoms with Crippen LogP contribution >= 0.6 is 0 Å². The van der Waals surface area contributed by atoms with Crippen molar-refractivity contribution in [3.05, 3.63) is 23.9 Å². The number of fused-ring (bicyclic) bond motifs is 1. The molecule has 194 valence electrons. The highest BCUT2D eigenvalue weighted by Gasteiger charge is 2.58. The summed E-state index contributed by atoms with van der Waals surface area (Å²) < 4.78 is 56.3. The Morgan fingerprint density at radius 1 is 1.23 bits per heavy atom. The fraction of sp³-hybridized carbons (Fsp3) is 0.750. The van der Waals surface area contributed by atoms with E-state index in [-0.39, 0.29) is 30.2 Å². The number of hydrogen-bond donors (Lipinski definition) is 1. The van der Waals surface area contributed by atoms with Gasteiger partial charge in [-0.2, -0.15) is 13.2 Å². The predicted molar refractivity (Wildman–Crippen MR) is 121 cm³/mol. The second-order valence-electron chi connectivity index (χ2n) is 9.97. The molecule has 3 aliphatic heterocycles. The number of carbonyl (C=O) groups excluding carboxylic acids is 1. The van der Waals surface area contributed by atoms with E-state index in [1.807, 2.05) is 9.80 Å². The van der Waals surface area contributed by atoms with Gasteiger partial charge in [0, 0.05) is 58.6 Å². The summed E-state index contributed by atoms with van der Waals surface area (Å²) in [5, 5.41) is 3.71. The second-order valence-corrected chi connectivity index (χ2v) is 9.97.